The highest BCUT2D eigenvalue weighted by atomic mass is 35.5. The Morgan fingerprint density at radius 3 is 2.66 bits per heavy atom. The van der Waals surface area contributed by atoms with E-state index in [4.69, 9.17) is 27.9 Å². The first-order valence-electron chi connectivity index (χ1n) is 11.7. The number of hydrogen-bond donors (Lipinski definition) is 2. The van der Waals surface area contributed by atoms with E-state index in [1.165, 1.54) is 0 Å². The van der Waals surface area contributed by atoms with Gasteiger partial charge in [-0.05, 0) is 36.2 Å². The molecule has 1 unspecified atom stereocenters. The number of carbonyl (C=O) groups is 1. The van der Waals surface area contributed by atoms with Gasteiger partial charge < -0.3 is 15.2 Å². The fourth-order valence-electron chi connectivity index (χ4n) is 3.98. The van der Waals surface area contributed by atoms with Gasteiger partial charge in [0.2, 0.25) is 5.91 Å². The van der Waals surface area contributed by atoms with E-state index in [0.29, 0.717) is 29.7 Å². The number of aliphatic hydroxyl groups is 1. The zero-order valence-electron chi connectivity index (χ0n) is 19.7. The van der Waals surface area contributed by atoms with Crippen LogP contribution >= 0.6 is 34.5 Å². The molecule has 2 aromatic carbocycles. The van der Waals surface area contributed by atoms with Gasteiger partial charge in [0.15, 0.2) is 0 Å². The number of nitrogens with zero attached hydrogens (tertiary/aromatic N) is 3. The van der Waals surface area contributed by atoms with Crippen molar-refractivity contribution in [2.45, 2.75) is 26.0 Å². The molecule has 1 aliphatic heterocycles. The number of thiazole rings is 1. The van der Waals surface area contributed by atoms with Gasteiger partial charge in [-0.25, -0.2) is 4.98 Å². The maximum Gasteiger partial charge on any atom is 0.234 e. The minimum Gasteiger partial charge on any atom is -0.491 e. The average Bonchev–Trinajstić information content (AvgIpc) is 3.27. The lowest BCUT2D eigenvalue weighted by molar-refractivity contribution is -0.122. The predicted octanol–water partition coefficient (Wildman–Crippen LogP) is 3.84. The quantitative estimate of drug-likeness (QED) is 0.410. The van der Waals surface area contributed by atoms with Crippen molar-refractivity contribution >= 4 is 50.7 Å². The number of benzene rings is 2. The Morgan fingerprint density at radius 1 is 1.14 bits per heavy atom. The normalized spacial score (nSPS) is 15.9. The van der Waals surface area contributed by atoms with E-state index in [2.05, 4.69) is 27.0 Å². The second-order valence-corrected chi connectivity index (χ2v) is 10.6. The summed E-state index contributed by atoms with van der Waals surface area (Å²) >= 11 is 13.7. The minimum atomic E-state index is -0.589. The molecule has 1 aromatic heterocycles. The van der Waals surface area contributed by atoms with Crippen LogP contribution in [0.5, 0.6) is 5.75 Å². The van der Waals surface area contributed by atoms with E-state index in [-0.39, 0.29) is 12.5 Å². The largest absolute Gasteiger partial charge is 0.491 e. The lowest BCUT2D eigenvalue weighted by atomic mass is 10.2. The molecule has 7 nitrogen and oxygen atoms in total. The van der Waals surface area contributed by atoms with Crippen LogP contribution < -0.4 is 10.1 Å². The monoisotopic (exact) mass is 536 g/mol. The molecule has 0 aliphatic carbocycles. The van der Waals surface area contributed by atoms with Crippen molar-refractivity contribution in [1.82, 2.24) is 20.1 Å². The van der Waals surface area contributed by atoms with Crippen molar-refractivity contribution in [3.8, 4) is 5.75 Å². The molecule has 0 spiro atoms. The summed E-state index contributed by atoms with van der Waals surface area (Å²) < 4.78 is 6.97. The molecule has 1 atom stereocenters. The van der Waals surface area contributed by atoms with Crippen molar-refractivity contribution in [2.24, 2.45) is 0 Å². The van der Waals surface area contributed by atoms with Crippen molar-refractivity contribution in [3.63, 3.8) is 0 Å². The first-order chi connectivity index (χ1) is 16.9. The van der Waals surface area contributed by atoms with Crippen molar-refractivity contribution < 1.29 is 14.6 Å². The number of aliphatic hydroxyl groups excluding tert-OH is 1. The van der Waals surface area contributed by atoms with Crippen LogP contribution in [0.2, 0.25) is 10.0 Å². The molecule has 1 fully saturated rings. The topological polar surface area (TPSA) is 77.9 Å². The zero-order chi connectivity index (χ0) is 24.8. The van der Waals surface area contributed by atoms with Crippen LogP contribution in [0.3, 0.4) is 0 Å². The number of fused-ring (bicyclic) bond motifs is 1. The molecule has 0 bridgehead atoms. The number of carbonyl (C=O) groups excluding carboxylic acids is 1. The number of piperazine rings is 1. The van der Waals surface area contributed by atoms with E-state index in [9.17, 15) is 9.90 Å². The number of nitrogens with one attached hydrogen (secondary N) is 1. The van der Waals surface area contributed by atoms with Crippen molar-refractivity contribution in [2.75, 3.05) is 45.9 Å². The Kier molecular flexibility index (Phi) is 9.21. The van der Waals surface area contributed by atoms with E-state index >= 15 is 0 Å². The summed E-state index contributed by atoms with van der Waals surface area (Å²) in [4.78, 5) is 21.3. The van der Waals surface area contributed by atoms with Crippen LogP contribution in [0.1, 0.15) is 17.5 Å². The second kappa shape index (κ2) is 12.3. The smallest absolute Gasteiger partial charge is 0.234 e. The average molecular weight is 538 g/mol. The Hall–Kier alpha value is -1.94. The molecule has 0 radical (unpaired) electrons. The highest BCUT2D eigenvalue weighted by Crippen LogP contribution is 2.26. The molecule has 3 aromatic rings. The summed E-state index contributed by atoms with van der Waals surface area (Å²) in [6, 6.07) is 11.2. The number of aryl methyl sites for hydroxylation is 1. The maximum atomic E-state index is 12.3. The fourth-order valence-corrected chi connectivity index (χ4v) is 5.19. The summed E-state index contributed by atoms with van der Waals surface area (Å²) in [5.41, 5.74) is 1.85. The minimum absolute atomic E-state index is 0.0268. The van der Waals surface area contributed by atoms with Gasteiger partial charge in [-0.2, -0.15) is 0 Å². The van der Waals surface area contributed by atoms with E-state index in [1.54, 1.807) is 23.5 Å². The number of ether oxygens (including phenoxy) is 1. The molecule has 35 heavy (non-hydrogen) atoms. The zero-order valence-corrected chi connectivity index (χ0v) is 22.0. The summed E-state index contributed by atoms with van der Waals surface area (Å²) in [5.74, 6) is 0.697. The molecule has 2 heterocycles. The molecule has 4 rings (SSSR count). The highest BCUT2D eigenvalue weighted by Gasteiger charge is 2.21. The third-order valence-electron chi connectivity index (χ3n) is 5.92. The molecule has 2 N–H and O–H groups in total. The van der Waals surface area contributed by atoms with Gasteiger partial charge in [0.25, 0.3) is 0 Å². The fraction of sp³-hybridized carbons (Fsp3) is 0.440. The molecule has 0 saturated carbocycles. The van der Waals surface area contributed by atoms with Crippen LogP contribution in [-0.2, 0) is 17.8 Å². The molecule has 1 saturated heterocycles. The summed E-state index contributed by atoms with van der Waals surface area (Å²) in [7, 11) is 0. The molecular weight excluding hydrogens is 507 g/mol. The van der Waals surface area contributed by atoms with Gasteiger partial charge in [0.1, 0.15) is 18.5 Å². The van der Waals surface area contributed by atoms with E-state index in [0.717, 1.165) is 59.1 Å². The Balaban J connectivity index is 1.14. The molecule has 1 amide bonds. The van der Waals surface area contributed by atoms with Crippen LogP contribution in [-0.4, -0.2) is 77.8 Å². The van der Waals surface area contributed by atoms with Crippen LogP contribution in [0.4, 0.5) is 0 Å². The number of rotatable bonds is 10. The third kappa shape index (κ3) is 7.52. The Morgan fingerprint density at radius 2 is 1.91 bits per heavy atom. The third-order valence-corrected chi connectivity index (χ3v) is 7.84. The Bertz CT molecular complexity index is 1150. The van der Waals surface area contributed by atoms with Gasteiger partial charge in [-0.15, -0.1) is 11.3 Å². The Labute approximate surface area is 219 Å². The molecule has 10 heteroatoms. The SMILES string of the molecule is CCc1nc2cc(OCC(O)CN3CCN(CC(=O)NCc4ccc(Cl)c(Cl)c4)CC3)ccc2s1. The summed E-state index contributed by atoms with van der Waals surface area (Å²) in [5, 5.41) is 15.5. The van der Waals surface area contributed by atoms with Gasteiger partial charge in [-0.3, -0.25) is 14.6 Å². The lowest BCUT2D eigenvalue weighted by Crippen LogP contribution is -2.51. The summed E-state index contributed by atoms with van der Waals surface area (Å²) in [6.07, 6.45) is 0.332. The van der Waals surface area contributed by atoms with E-state index in [1.807, 2.05) is 24.3 Å². The first-order valence-corrected chi connectivity index (χ1v) is 13.3. The number of aromatic nitrogens is 1. The summed E-state index contributed by atoms with van der Waals surface area (Å²) in [6.45, 7) is 6.76. The number of β-amino-alcohol motifs (C(OH)–C–C–N with tert-alkyl or cyclic N) is 1. The molecule has 1 aliphatic rings. The lowest BCUT2D eigenvalue weighted by Gasteiger charge is -2.35. The standard InChI is InChI=1S/C25H30Cl2N4O3S/c1-2-25-29-22-12-19(4-6-23(22)35-25)34-16-18(32)14-30-7-9-31(10-8-30)15-24(33)28-13-17-3-5-20(26)21(27)11-17/h3-6,11-12,18,32H,2,7-10,13-16H2,1H3,(H,28,33). The van der Waals surface area contributed by atoms with Crippen LogP contribution in [0.25, 0.3) is 10.2 Å². The van der Waals surface area contributed by atoms with Crippen LogP contribution in [0.15, 0.2) is 36.4 Å². The molecule has 188 valence electrons. The van der Waals surface area contributed by atoms with E-state index < -0.39 is 6.10 Å². The molecular formula is C25H30Cl2N4O3S. The maximum absolute atomic E-state index is 12.3. The number of halogens is 2. The van der Waals surface area contributed by atoms with Gasteiger partial charge in [-0.1, -0.05) is 36.2 Å². The number of amides is 1. The van der Waals surface area contributed by atoms with Crippen LogP contribution in [0, 0.1) is 0 Å². The van der Waals surface area contributed by atoms with Crippen molar-refractivity contribution in [1.29, 1.82) is 0 Å². The van der Waals surface area contributed by atoms with Gasteiger partial charge in [0, 0.05) is 45.3 Å². The predicted molar refractivity (Wildman–Crippen MR) is 142 cm³/mol. The van der Waals surface area contributed by atoms with Gasteiger partial charge in [0.05, 0.1) is 31.8 Å². The highest BCUT2D eigenvalue weighted by molar-refractivity contribution is 7.18. The number of hydrogen-bond acceptors (Lipinski definition) is 7. The van der Waals surface area contributed by atoms with Gasteiger partial charge >= 0.3 is 0 Å². The first kappa shape index (κ1) is 26.1. The van der Waals surface area contributed by atoms with Crippen molar-refractivity contribution in [3.05, 3.63) is 57.0 Å². The second-order valence-electron chi connectivity index (χ2n) is 8.66.